The smallest absolute Gasteiger partial charge is 0.138 e. The van der Waals surface area contributed by atoms with Crippen molar-refractivity contribution in [2.75, 3.05) is 19.4 Å². The van der Waals surface area contributed by atoms with Crippen molar-refractivity contribution in [2.45, 2.75) is 82.4 Å². The van der Waals surface area contributed by atoms with Gasteiger partial charge in [0, 0.05) is 17.0 Å². The van der Waals surface area contributed by atoms with Gasteiger partial charge in [0.1, 0.15) is 17.0 Å². The van der Waals surface area contributed by atoms with Crippen LogP contribution in [0.5, 0.6) is 0 Å². The van der Waals surface area contributed by atoms with E-state index in [1.54, 1.807) is 6.33 Å². The molecular weight excluding hydrogens is 356 g/mol. The van der Waals surface area contributed by atoms with Gasteiger partial charge in [0.05, 0.1) is 11.5 Å². The second-order valence-corrected chi connectivity index (χ2v) is 9.57. The quantitative estimate of drug-likeness (QED) is 0.778. The second kappa shape index (κ2) is 8.02. The van der Waals surface area contributed by atoms with Crippen LogP contribution < -0.4 is 5.32 Å². The third-order valence-electron chi connectivity index (χ3n) is 6.53. The molecule has 2 unspecified atom stereocenters. The van der Waals surface area contributed by atoms with Gasteiger partial charge in [0.2, 0.25) is 0 Å². The van der Waals surface area contributed by atoms with Crippen LogP contribution in [0, 0.1) is 0 Å². The normalized spacial score (nSPS) is 26.5. The van der Waals surface area contributed by atoms with Gasteiger partial charge in [0.25, 0.3) is 0 Å². The standard InChI is InChI=1S/C21H32N4OS/c1-4-16(26)11-13-5-10-17-18(13)19-20(22-12-23-21(19)27-17)24-14-6-8-15(9-7-14)25(2)3/h12-16,26H,4-11H2,1-3H3,(H,22,23,24). The van der Waals surface area contributed by atoms with Gasteiger partial charge in [-0.25, -0.2) is 9.97 Å². The minimum absolute atomic E-state index is 0.210. The number of thiophene rings is 1. The van der Waals surface area contributed by atoms with Crippen LogP contribution in [-0.2, 0) is 6.42 Å². The predicted molar refractivity (Wildman–Crippen MR) is 113 cm³/mol. The predicted octanol–water partition coefficient (Wildman–Crippen LogP) is 4.17. The Balaban J connectivity index is 1.57. The molecule has 2 atom stereocenters. The lowest BCUT2D eigenvalue weighted by Gasteiger charge is -2.33. The molecule has 0 radical (unpaired) electrons. The van der Waals surface area contributed by atoms with E-state index in [2.05, 4.69) is 41.2 Å². The summed E-state index contributed by atoms with van der Waals surface area (Å²) in [7, 11) is 4.37. The summed E-state index contributed by atoms with van der Waals surface area (Å²) in [6.45, 7) is 2.06. The third-order valence-corrected chi connectivity index (χ3v) is 7.70. The summed E-state index contributed by atoms with van der Waals surface area (Å²) in [5, 5.41) is 15.2. The summed E-state index contributed by atoms with van der Waals surface area (Å²) in [4.78, 5) is 14.1. The Kier molecular flexibility index (Phi) is 5.67. The van der Waals surface area contributed by atoms with Gasteiger partial charge in [-0.2, -0.15) is 0 Å². The van der Waals surface area contributed by atoms with Crippen LogP contribution in [0.2, 0.25) is 0 Å². The first-order chi connectivity index (χ1) is 13.1. The monoisotopic (exact) mass is 388 g/mol. The van der Waals surface area contributed by atoms with E-state index in [1.807, 2.05) is 11.3 Å². The number of rotatable bonds is 6. The second-order valence-electron chi connectivity index (χ2n) is 8.49. The minimum atomic E-state index is -0.210. The molecule has 2 aliphatic carbocycles. The van der Waals surface area contributed by atoms with Crippen molar-refractivity contribution < 1.29 is 5.11 Å². The fourth-order valence-corrected chi connectivity index (χ4v) is 6.08. The Morgan fingerprint density at radius 1 is 1.22 bits per heavy atom. The van der Waals surface area contributed by atoms with Crippen molar-refractivity contribution >= 4 is 27.4 Å². The summed E-state index contributed by atoms with van der Waals surface area (Å²) in [5.41, 5.74) is 1.42. The number of anilines is 1. The van der Waals surface area contributed by atoms with Crippen LogP contribution in [0.25, 0.3) is 10.2 Å². The lowest BCUT2D eigenvalue weighted by atomic mass is 9.90. The number of aliphatic hydroxyl groups excluding tert-OH is 1. The molecule has 5 nitrogen and oxygen atoms in total. The number of nitrogens with zero attached hydrogens (tertiary/aromatic N) is 3. The van der Waals surface area contributed by atoms with Gasteiger partial charge < -0.3 is 15.3 Å². The Labute approximate surface area is 166 Å². The van der Waals surface area contributed by atoms with Crippen LogP contribution in [0.15, 0.2) is 6.33 Å². The lowest BCUT2D eigenvalue weighted by molar-refractivity contribution is 0.151. The molecule has 0 aromatic carbocycles. The average molecular weight is 389 g/mol. The highest BCUT2D eigenvalue weighted by Gasteiger charge is 2.31. The Morgan fingerprint density at radius 2 is 2.00 bits per heavy atom. The van der Waals surface area contributed by atoms with Crippen LogP contribution in [-0.4, -0.2) is 52.3 Å². The van der Waals surface area contributed by atoms with Crippen molar-refractivity contribution in [1.29, 1.82) is 0 Å². The van der Waals surface area contributed by atoms with E-state index < -0.39 is 0 Å². The summed E-state index contributed by atoms with van der Waals surface area (Å²) in [6.07, 6.45) is 10.3. The van der Waals surface area contributed by atoms with Crippen molar-refractivity contribution in [3.63, 3.8) is 0 Å². The molecule has 0 bridgehead atoms. The van der Waals surface area contributed by atoms with E-state index >= 15 is 0 Å². The Hall–Kier alpha value is -1.24. The molecule has 0 spiro atoms. The first-order valence-electron chi connectivity index (χ1n) is 10.4. The third kappa shape index (κ3) is 3.84. The van der Waals surface area contributed by atoms with Crippen molar-refractivity contribution in [2.24, 2.45) is 0 Å². The number of aryl methyl sites for hydroxylation is 1. The number of hydrogen-bond donors (Lipinski definition) is 2. The number of nitrogens with one attached hydrogen (secondary N) is 1. The highest BCUT2D eigenvalue weighted by Crippen LogP contribution is 2.47. The van der Waals surface area contributed by atoms with Crippen molar-refractivity contribution in [3.8, 4) is 0 Å². The van der Waals surface area contributed by atoms with E-state index in [4.69, 9.17) is 0 Å². The van der Waals surface area contributed by atoms with Crippen LogP contribution >= 0.6 is 11.3 Å². The number of hydrogen-bond acceptors (Lipinski definition) is 6. The molecule has 0 aliphatic heterocycles. The minimum Gasteiger partial charge on any atom is -0.393 e. The van der Waals surface area contributed by atoms with Gasteiger partial charge in [-0.05, 0) is 76.9 Å². The maximum absolute atomic E-state index is 10.2. The largest absolute Gasteiger partial charge is 0.393 e. The average Bonchev–Trinajstić information content (AvgIpc) is 3.22. The molecule has 2 aliphatic rings. The fourth-order valence-electron chi connectivity index (χ4n) is 4.84. The maximum atomic E-state index is 10.2. The van der Waals surface area contributed by atoms with E-state index in [0.717, 1.165) is 36.3 Å². The van der Waals surface area contributed by atoms with Gasteiger partial charge >= 0.3 is 0 Å². The number of aromatic nitrogens is 2. The zero-order chi connectivity index (χ0) is 19.0. The molecular formula is C21H32N4OS. The molecule has 0 amide bonds. The molecule has 27 heavy (non-hydrogen) atoms. The molecule has 2 N–H and O–H groups in total. The van der Waals surface area contributed by atoms with Gasteiger partial charge in [-0.3, -0.25) is 0 Å². The molecule has 2 aromatic heterocycles. The van der Waals surface area contributed by atoms with Crippen LogP contribution in [0.4, 0.5) is 5.82 Å². The summed E-state index contributed by atoms with van der Waals surface area (Å²) in [5.74, 6) is 1.46. The van der Waals surface area contributed by atoms with Crippen LogP contribution in [0.3, 0.4) is 0 Å². The van der Waals surface area contributed by atoms with Gasteiger partial charge in [0.15, 0.2) is 0 Å². The molecule has 6 heteroatoms. The zero-order valence-corrected chi connectivity index (χ0v) is 17.6. The van der Waals surface area contributed by atoms with E-state index in [1.165, 1.54) is 41.5 Å². The molecule has 1 saturated carbocycles. The van der Waals surface area contributed by atoms with Crippen molar-refractivity contribution in [1.82, 2.24) is 14.9 Å². The van der Waals surface area contributed by atoms with Crippen LogP contribution in [0.1, 0.15) is 68.2 Å². The molecule has 1 fully saturated rings. The highest BCUT2D eigenvalue weighted by molar-refractivity contribution is 7.19. The SMILES string of the molecule is CCC(O)CC1CCc2sc3ncnc(NC4CCC(N(C)C)CC4)c3c21. The topological polar surface area (TPSA) is 61.3 Å². The Bertz CT molecular complexity index is 782. The molecule has 2 heterocycles. The molecule has 148 valence electrons. The maximum Gasteiger partial charge on any atom is 0.138 e. The van der Waals surface area contributed by atoms with Gasteiger partial charge in [-0.15, -0.1) is 11.3 Å². The zero-order valence-electron chi connectivity index (χ0n) is 16.7. The summed E-state index contributed by atoms with van der Waals surface area (Å²) in [6, 6.07) is 1.20. The highest BCUT2D eigenvalue weighted by atomic mass is 32.1. The fraction of sp³-hybridized carbons (Fsp3) is 0.714. The molecule has 2 aromatic rings. The lowest BCUT2D eigenvalue weighted by Crippen LogP contribution is -2.36. The van der Waals surface area contributed by atoms with E-state index in [0.29, 0.717) is 18.0 Å². The first kappa shape index (κ1) is 19.1. The molecule has 0 saturated heterocycles. The van der Waals surface area contributed by atoms with E-state index in [9.17, 15) is 5.11 Å². The van der Waals surface area contributed by atoms with Gasteiger partial charge in [-0.1, -0.05) is 6.92 Å². The summed E-state index contributed by atoms with van der Waals surface area (Å²) >= 11 is 1.83. The van der Waals surface area contributed by atoms with E-state index in [-0.39, 0.29) is 6.10 Å². The Morgan fingerprint density at radius 3 is 2.70 bits per heavy atom. The number of aliphatic hydroxyl groups is 1. The first-order valence-corrected chi connectivity index (χ1v) is 11.3. The summed E-state index contributed by atoms with van der Waals surface area (Å²) < 4.78 is 0. The number of fused-ring (bicyclic) bond motifs is 3. The van der Waals surface area contributed by atoms with Crippen molar-refractivity contribution in [3.05, 3.63) is 16.8 Å². The molecule has 4 rings (SSSR count).